The first-order chi connectivity index (χ1) is 6.61. The van der Waals surface area contributed by atoms with Crippen LogP contribution >= 0.6 is 11.3 Å². The molecule has 4 heteroatoms. The number of carbonyl (C=O) groups excluding carboxylic acids is 1. The second-order valence-electron chi connectivity index (χ2n) is 3.57. The van der Waals surface area contributed by atoms with Gasteiger partial charge in [0.05, 0.1) is 12.6 Å². The second kappa shape index (κ2) is 5.12. The Kier molecular flexibility index (Phi) is 4.10. The van der Waals surface area contributed by atoms with E-state index in [1.54, 1.807) is 11.3 Å². The van der Waals surface area contributed by atoms with Gasteiger partial charge < -0.3 is 11.1 Å². The topological polar surface area (TPSA) is 55.1 Å². The summed E-state index contributed by atoms with van der Waals surface area (Å²) in [7, 11) is 0. The van der Waals surface area contributed by atoms with E-state index in [1.807, 2.05) is 31.4 Å². The summed E-state index contributed by atoms with van der Waals surface area (Å²) in [6.45, 7) is 4.46. The van der Waals surface area contributed by atoms with Gasteiger partial charge in [0, 0.05) is 4.88 Å². The molecule has 1 unspecified atom stereocenters. The minimum Gasteiger partial charge on any atom is -0.350 e. The van der Waals surface area contributed by atoms with Crippen LogP contribution in [0.5, 0.6) is 0 Å². The Balaban J connectivity index is 2.35. The molecule has 0 fully saturated rings. The van der Waals surface area contributed by atoms with Gasteiger partial charge in [-0.3, -0.25) is 4.79 Å². The smallest absolute Gasteiger partial charge is 0.237 e. The van der Waals surface area contributed by atoms with Crippen molar-refractivity contribution >= 4 is 17.2 Å². The van der Waals surface area contributed by atoms with E-state index in [0.29, 0.717) is 6.54 Å². The van der Waals surface area contributed by atoms with Crippen molar-refractivity contribution in [3.8, 4) is 0 Å². The number of hydrogen-bond acceptors (Lipinski definition) is 3. The number of amides is 1. The van der Waals surface area contributed by atoms with E-state index < -0.39 is 6.04 Å². The highest BCUT2D eigenvalue weighted by Crippen LogP contribution is 2.07. The first-order valence-corrected chi connectivity index (χ1v) is 5.55. The summed E-state index contributed by atoms with van der Waals surface area (Å²) in [6, 6.07) is 3.55. The largest absolute Gasteiger partial charge is 0.350 e. The van der Waals surface area contributed by atoms with Crippen molar-refractivity contribution in [3.63, 3.8) is 0 Å². The van der Waals surface area contributed by atoms with Crippen molar-refractivity contribution in [2.24, 2.45) is 11.7 Å². The highest BCUT2D eigenvalue weighted by molar-refractivity contribution is 7.09. The number of nitrogens with one attached hydrogen (secondary N) is 1. The molecule has 3 N–H and O–H groups in total. The SMILES string of the molecule is CC(C)C(N)C(=O)NCc1cccs1. The van der Waals surface area contributed by atoms with E-state index in [4.69, 9.17) is 5.73 Å². The summed E-state index contributed by atoms with van der Waals surface area (Å²) in [6.07, 6.45) is 0. The number of rotatable bonds is 4. The quantitative estimate of drug-likeness (QED) is 0.791. The predicted octanol–water partition coefficient (Wildman–Crippen LogP) is 1.35. The fraction of sp³-hybridized carbons (Fsp3) is 0.500. The van der Waals surface area contributed by atoms with Crippen LogP contribution in [-0.4, -0.2) is 11.9 Å². The van der Waals surface area contributed by atoms with E-state index in [9.17, 15) is 4.79 Å². The van der Waals surface area contributed by atoms with E-state index in [2.05, 4.69) is 5.32 Å². The van der Waals surface area contributed by atoms with Crippen LogP contribution < -0.4 is 11.1 Å². The molecule has 78 valence electrons. The van der Waals surface area contributed by atoms with Gasteiger partial charge >= 0.3 is 0 Å². The average molecular weight is 212 g/mol. The number of carbonyl (C=O) groups is 1. The summed E-state index contributed by atoms with van der Waals surface area (Å²) < 4.78 is 0. The molecule has 1 rings (SSSR count). The van der Waals surface area contributed by atoms with Crippen LogP contribution in [-0.2, 0) is 11.3 Å². The van der Waals surface area contributed by atoms with Crippen molar-refractivity contribution in [3.05, 3.63) is 22.4 Å². The molecular weight excluding hydrogens is 196 g/mol. The molecule has 0 aliphatic rings. The standard InChI is InChI=1S/C10H16N2OS/c1-7(2)9(11)10(13)12-6-8-4-3-5-14-8/h3-5,7,9H,6,11H2,1-2H3,(H,12,13). The highest BCUT2D eigenvalue weighted by Gasteiger charge is 2.16. The van der Waals surface area contributed by atoms with Crippen LogP contribution in [0.2, 0.25) is 0 Å². The lowest BCUT2D eigenvalue weighted by Crippen LogP contribution is -2.43. The van der Waals surface area contributed by atoms with Crippen LogP contribution in [0.1, 0.15) is 18.7 Å². The molecule has 1 aromatic heterocycles. The molecule has 0 spiro atoms. The highest BCUT2D eigenvalue weighted by atomic mass is 32.1. The Morgan fingerprint density at radius 2 is 2.36 bits per heavy atom. The first kappa shape index (κ1) is 11.2. The Hall–Kier alpha value is -0.870. The van der Waals surface area contributed by atoms with Gasteiger partial charge in [0.25, 0.3) is 0 Å². The summed E-state index contributed by atoms with van der Waals surface area (Å²) >= 11 is 1.63. The molecule has 0 radical (unpaired) electrons. The normalized spacial score (nSPS) is 12.9. The van der Waals surface area contributed by atoms with E-state index in [-0.39, 0.29) is 11.8 Å². The Bertz CT molecular complexity index is 282. The van der Waals surface area contributed by atoms with Crippen molar-refractivity contribution in [1.29, 1.82) is 0 Å². The maximum atomic E-state index is 11.4. The van der Waals surface area contributed by atoms with Gasteiger partial charge in [-0.15, -0.1) is 11.3 Å². The zero-order valence-electron chi connectivity index (χ0n) is 8.49. The van der Waals surface area contributed by atoms with Gasteiger partial charge in [0.15, 0.2) is 0 Å². The van der Waals surface area contributed by atoms with Crippen LogP contribution in [0.25, 0.3) is 0 Å². The summed E-state index contributed by atoms with van der Waals surface area (Å²) in [4.78, 5) is 12.6. The van der Waals surface area contributed by atoms with Gasteiger partial charge in [-0.05, 0) is 17.4 Å². The van der Waals surface area contributed by atoms with Gasteiger partial charge in [0.1, 0.15) is 0 Å². The molecule has 3 nitrogen and oxygen atoms in total. The van der Waals surface area contributed by atoms with E-state index in [1.165, 1.54) is 0 Å². The monoisotopic (exact) mass is 212 g/mol. The zero-order valence-corrected chi connectivity index (χ0v) is 9.30. The molecule has 0 aromatic carbocycles. The molecular formula is C10H16N2OS. The average Bonchev–Trinajstić information content (AvgIpc) is 2.65. The molecule has 1 heterocycles. The maximum Gasteiger partial charge on any atom is 0.237 e. The molecule has 0 aliphatic carbocycles. The number of nitrogens with two attached hydrogens (primary N) is 1. The van der Waals surface area contributed by atoms with Crippen LogP contribution in [0.15, 0.2) is 17.5 Å². The third kappa shape index (κ3) is 3.12. The fourth-order valence-corrected chi connectivity index (χ4v) is 1.65. The number of hydrogen-bond donors (Lipinski definition) is 2. The molecule has 1 atom stereocenters. The maximum absolute atomic E-state index is 11.4. The van der Waals surface area contributed by atoms with Gasteiger partial charge in [-0.25, -0.2) is 0 Å². The number of thiophene rings is 1. The lowest BCUT2D eigenvalue weighted by molar-refractivity contribution is -0.123. The molecule has 14 heavy (non-hydrogen) atoms. The summed E-state index contributed by atoms with van der Waals surface area (Å²) in [5, 5.41) is 4.80. The van der Waals surface area contributed by atoms with Crippen molar-refractivity contribution in [2.45, 2.75) is 26.4 Å². The molecule has 1 aromatic rings. The van der Waals surface area contributed by atoms with Gasteiger partial charge in [0.2, 0.25) is 5.91 Å². The van der Waals surface area contributed by atoms with E-state index >= 15 is 0 Å². The third-order valence-corrected chi connectivity index (χ3v) is 2.91. The Morgan fingerprint density at radius 3 is 2.86 bits per heavy atom. The van der Waals surface area contributed by atoms with Gasteiger partial charge in [-0.1, -0.05) is 19.9 Å². The minimum absolute atomic E-state index is 0.0756. The van der Waals surface area contributed by atoms with Crippen molar-refractivity contribution in [2.75, 3.05) is 0 Å². The Labute approximate surface area is 88.3 Å². The zero-order chi connectivity index (χ0) is 10.6. The second-order valence-corrected chi connectivity index (χ2v) is 4.60. The van der Waals surface area contributed by atoms with Crippen molar-refractivity contribution in [1.82, 2.24) is 5.32 Å². The fourth-order valence-electron chi connectivity index (χ4n) is 1.01. The van der Waals surface area contributed by atoms with Crippen LogP contribution in [0.4, 0.5) is 0 Å². The van der Waals surface area contributed by atoms with Crippen molar-refractivity contribution < 1.29 is 4.79 Å². The lowest BCUT2D eigenvalue weighted by atomic mass is 10.1. The summed E-state index contributed by atoms with van der Waals surface area (Å²) in [5.74, 6) is 0.103. The van der Waals surface area contributed by atoms with Gasteiger partial charge in [-0.2, -0.15) is 0 Å². The predicted molar refractivity (Wildman–Crippen MR) is 59.0 cm³/mol. The molecule has 0 saturated carbocycles. The van der Waals surface area contributed by atoms with Crippen LogP contribution in [0.3, 0.4) is 0 Å². The van der Waals surface area contributed by atoms with E-state index in [0.717, 1.165) is 4.88 Å². The summed E-state index contributed by atoms with van der Waals surface area (Å²) in [5.41, 5.74) is 5.69. The minimum atomic E-state index is -0.407. The van der Waals surface area contributed by atoms with Crippen LogP contribution in [0, 0.1) is 5.92 Å². The Morgan fingerprint density at radius 1 is 1.64 bits per heavy atom. The molecule has 0 aliphatic heterocycles. The first-order valence-electron chi connectivity index (χ1n) is 4.67. The third-order valence-electron chi connectivity index (χ3n) is 2.04. The molecule has 0 bridgehead atoms. The molecule has 0 saturated heterocycles. The molecule has 1 amide bonds. The lowest BCUT2D eigenvalue weighted by Gasteiger charge is -2.14.